The van der Waals surface area contributed by atoms with Crippen LogP contribution in [0.1, 0.15) is 39.0 Å². The number of nitrogens with two attached hydrogens (primary N) is 1. The lowest BCUT2D eigenvalue weighted by molar-refractivity contribution is -0.147. The van der Waals surface area contributed by atoms with Crippen LogP contribution >= 0.6 is 0 Å². The first-order valence-corrected chi connectivity index (χ1v) is 6.42. The second-order valence-electron chi connectivity index (χ2n) is 5.18. The monoisotopic (exact) mass is 239 g/mol. The zero-order valence-corrected chi connectivity index (χ0v) is 10.4. The SMILES string of the molecule is CC1C(=O)NCCN1C(=O)C1(N)CCCCC1. The van der Waals surface area contributed by atoms with Gasteiger partial charge in [0, 0.05) is 13.1 Å². The molecule has 5 nitrogen and oxygen atoms in total. The van der Waals surface area contributed by atoms with Gasteiger partial charge in [0.2, 0.25) is 11.8 Å². The van der Waals surface area contributed by atoms with Crippen LogP contribution in [0.5, 0.6) is 0 Å². The van der Waals surface area contributed by atoms with Crippen LogP contribution in [0.3, 0.4) is 0 Å². The van der Waals surface area contributed by atoms with E-state index in [1.807, 2.05) is 0 Å². The number of hydrogen-bond donors (Lipinski definition) is 2. The first-order valence-electron chi connectivity index (χ1n) is 6.42. The molecule has 2 rings (SSSR count). The second kappa shape index (κ2) is 4.64. The zero-order valence-electron chi connectivity index (χ0n) is 10.4. The molecule has 96 valence electrons. The molecule has 1 saturated heterocycles. The minimum Gasteiger partial charge on any atom is -0.353 e. The first kappa shape index (κ1) is 12.4. The molecule has 1 aliphatic heterocycles. The predicted octanol–water partition coefficient (Wildman–Crippen LogP) is -0.00510. The highest BCUT2D eigenvalue weighted by atomic mass is 16.2. The van der Waals surface area contributed by atoms with E-state index in [9.17, 15) is 9.59 Å². The van der Waals surface area contributed by atoms with E-state index >= 15 is 0 Å². The third-order valence-electron chi connectivity index (χ3n) is 3.93. The highest BCUT2D eigenvalue weighted by Gasteiger charge is 2.41. The molecule has 0 aromatic carbocycles. The van der Waals surface area contributed by atoms with Gasteiger partial charge in [-0.05, 0) is 19.8 Å². The molecule has 2 aliphatic rings. The van der Waals surface area contributed by atoms with Gasteiger partial charge >= 0.3 is 0 Å². The normalized spacial score (nSPS) is 28.7. The van der Waals surface area contributed by atoms with E-state index in [0.717, 1.165) is 32.1 Å². The fourth-order valence-electron chi connectivity index (χ4n) is 2.74. The Labute approximate surface area is 102 Å². The lowest BCUT2D eigenvalue weighted by atomic mass is 9.81. The van der Waals surface area contributed by atoms with E-state index in [0.29, 0.717) is 13.1 Å². The van der Waals surface area contributed by atoms with E-state index in [1.165, 1.54) is 0 Å². The Balaban J connectivity index is 2.10. The summed E-state index contributed by atoms with van der Waals surface area (Å²) in [6.07, 6.45) is 4.67. The Morgan fingerprint density at radius 1 is 1.41 bits per heavy atom. The molecule has 2 fully saturated rings. The molecule has 1 aliphatic carbocycles. The van der Waals surface area contributed by atoms with Gasteiger partial charge in [0.1, 0.15) is 6.04 Å². The Bertz CT molecular complexity index is 324. The molecule has 1 atom stereocenters. The number of nitrogens with one attached hydrogen (secondary N) is 1. The van der Waals surface area contributed by atoms with Crippen molar-refractivity contribution in [1.29, 1.82) is 0 Å². The lowest BCUT2D eigenvalue weighted by Gasteiger charge is -2.41. The number of piperazine rings is 1. The van der Waals surface area contributed by atoms with Crippen LogP contribution in [-0.4, -0.2) is 41.4 Å². The average Bonchev–Trinajstić information content (AvgIpc) is 2.33. The van der Waals surface area contributed by atoms with E-state index in [1.54, 1.807) is 11.8 Å². The Morgan fingerprint density at radius 3 is 2.71 bits per heavy atom. The summed E-state index contributed by atoms with van der Waals surface area (Å²) in [5, 5.41) is 2.76. The fraction of sp³-hybridized carbons (Fsp3) is 0.833. The molecular weight excluding hydrogens is 218 g/mol. The van der Waals surface area contributed by atoms with Crippen LogP contribution in [0.4, 0.5) is 0 Å². The van der Waals surface area contributed by atoms with E-state index < -0.39 is 11.6 Å². The standard InChI is InChI=1S/C12H21N3O2/c1-9-10(16)14-7-8-15(9)11(17)12(13)5-3-2-4-6-12/h9H,2-8,13H2,1H3,(H,14,16). The summed E-state index contributed by atoms with van der Waals surface area (Å²) in [7, 11) is 0. The molecule has 1 heterocycles. The number of amides is 2. The molecule has 2 amide bonds. The van der Waals surface area contributed by atoms with Gasteiger partial charge in [0.15, 0.2) is 0 Å². The van der Waals surface area contributed by atoms with Gasteiger partial charge in [-0.3, -0.25) is 9.59 Å². The smallest absolute Gasteiger partial charge is 0.243 e. The van der Waals surface area contributed by atoms with E-state index in [2.05, 4.69) is 5.32 Å². The summed E-state index contributed by atoms with van der Waals surface area (Å²) in [4.78, 5) is 25.6. The highest BCUT2D eigenvalue weighted by molar-refractivity contribution is 5.92. The maximum atomic E-state index is 12.5. The van der Waals surface area contributed by atoms with Crippen molar-refractivity contribution >= 4 is 11.8 Å². The lowest BCUT2D eigenvalue weighted by Crippen LogP contribution is -2.64. The van der Waals surface area contributed by atoms with Crippen molar-refractivity contribution in [3.05, 3.63) is 0 Å². The van der Waals surface area contributed by atoms with Crippen molar-refractivity contribution in [2.45, 2.75) is 50.6 Å². The van der Waals surface area contributed by atoms with Crippen molar-refractivity contribution in [3.8, 4) is 0 Å². The van der Waals surface area contributed by atoms with Crippen molar-refractivity contribution in [2.24, 2.45) is 5.73 Å². The Kier molecular flexibility index (Phi) is 3.38. The van der Waals surface area contributed by atoms with Gasteiger partial charge in [-0.15, -0.1) is 0 Å². The number of rotatable bonds is 1. The van der Waals surface area contributed by atoms with Crippen molar-refractivity contribution in [2.75, 3.05) is 13.1 Å². The number of carbonyl (C=O) groups is 2. The first-order chi connectivity index (χ1) is 8.04. The fourth-order valence-corrected chi connectivity index (χ4v) is 2.74. The molecule has 1 saturated carbocycles. The van der Waals surface area contributed by atoms with Gasteiger partial charge < -0.3 is 16.0 Å². The number of hydrogen-bond acceptors (Lipinski definition) is 3. The van der Waals surface area contributed by atoms with Crippen LogP contribution in [0, 0.1) is 0 Å². The Hall–Kier alpha value is -1.10. The average molecular weight is 239 g/mol. The summed E-state index contributed by atoms with van der Waals surface area (Å²) >= 11 is 0. The second-order valence-corrected chi connectivity index (χ2v) is 5.18. The van der Waals surface area contributed by atoms with Crippen LogP contribution in [0.2, 0.25) is 0 Å². The number of carbonyl (C=O) groups excluding carboxylic acids is 2. The molecule has 1 unspecified atom stereocenters. The quantitative estimate of drug-likeness (QED) is 0.676. The molecule has 0 aromatic heterocycles. The largest absolute Gasteiger partial charge is 0.353 e. The maximum Gasteiger partial charge on any atom is 0.243 e. The molecule has 0 radical (unpaired) electrons. The summed E-state index contributed by atoms with van der Waals surface area (Å²) in [5.74, 6) is -0.122. The summed E-state index contributed by atoms with van der Waals surface area (Å²) in [6.45, 7) is 2.87. The predicted molar refractivity (Wildman–Crippen MR) is 64.2 cm³/mol. The zero-order chi connectivity index (χ0) is 12.5. The molecule has 5 heteroatoms. The van der Waals surface area contributed by atoms with E-state index in [4.69, 9.17) is 5.73 Å². The maximum absolute atomic E-state index is 12.5. The minimum absolute atomic E-state index is 0.0421. The van der Waals surface area contributed by atoms with Crippen molar-refractivity contribution in [1.82, 2.24) is 10.2 Å². The molecule has 17 heavy (non-hydrogen) atoms. The highest BCUT2D eigenvalue weighted by Crippen LogP contribution is 2.28. The minimum atomic E-state index is -0.732. The van der Waals surface area contributed by atoms with Gasteiger partial charge in [-0.25, -0.2) is 0 Å². The third kappa shape index (κ3) is 2.29. The van der Waals surface area contributed by atoms with Crippen LogP contribution in [-0.2, 0) is 9.59 Å². The molecule has 0 bridgehead atoms. The summed E-state index contributed by atoms with van der Waals surface area (Å²) < 4.78 is 0. The summed E-state index contributed by atoms with van der Waals surface area (Å²) in [6, 6.07) is -0.390. The molecule has 0 spiro atoms. The summed E-state index contributed by atoms with van der Waals surface area (Å²) in [5.41, 5.74) is 5.49. The third-order valence-corrected chi connectivity index (χ3v) is 3.93. The van der Waals surface area contributed by atoms with Crippen LogP contribution < -0.4 is 11.1 Å². The van der Waals surface area contributed by atoms with Gasteiger partial charge in [-0.2, -0.15) is 0 Å². The Morgan fingerprint density at radius 2 is 2.06 bits per heavy atom. The van der Waals surface area contributed by atoms with Crippen LogP contribution in [0.15, 0.2) is 0 Å². The topological polar surface area (TPSA) is 75.4 Å². The molecule has 3 N–H and O–H groups in total. The van der Waals surface area contributed by atoms with Crippen LogP contribution in [0.25, 0.3) is 0 Å². The van der Waals surface area contributed by atoms with E-state index in [-0.39, 0.29) is 11.8 Å². The van der Waals surface area contributed by atoms with Gasteiger partial charge in [-0.1, -0.05) is 19.3 Å². The number of nitrogens with zero attached hydrogens (tertiary/aromatic N) is 1. The molecular formula is C12H21N3O2. The van der Waals surface area contributed by atoms with Gasteiger partial charge in [0.05, 0.1) is 5.54 Å². The van der Waals surface area contributed by atoms with Crippen molar-refractivity contribution < 1.29 is 9.59 Å². The van der Waals surface area contributed by atoms with Crippen molar-refractivity contribution in [3.63, 3.8) is 0 Å². The van der Waals surface area contributed by atoms with Gasteiger partial charge in [0.25, 0.3) is 0 Å². The molecule has 0 aromatic rings.